The minimum atomic E-state index is -4.74. The zero-order valence-electron chi connectivity index (χ0n) is 11.1. The lowest BCUT2D eigenvalue weighted by Crippen LogP contribution is -2.39. The Bertz CT molecular complexity index is 510. The number of carboxylic acids is 1. The molecule has 1 heterocycles. The van der Waals surface area contributed by atoms with Crippen LogP contribution in [0.5, 0.6) is 0 Å². The van der Waals surface area contributed by atoms with Gasteiger partial charge in [-0.3, -0.25) is 0 Å². The van der Waals surface area contributed by atoms with Crippen LogP contribution in [0.2, 0.25) is 0 Å². The Kier molecular flexibility index (Phi) is 4.94. The van der Waals surface area contributed by atoms with Gasteiger partial charge in [0.05, 0.1) is 12.2 Å². The number of carbonyl (C=O) groups is 1. The van der Waals surface area contributed by atoms with Crippen LogP contribution < -0.4 is 0 Å². The summed E-state index contributed by atoms with van der Waals surface area (Å²) < 4.78 is 42.6. The van der Waals surface area contributed by atoms with Gasteiger partial charge < -0.3 is 9.84 Å². The normalized spacial score (nSPS) is 22.6. The van der Waals surface area contributed by atoms with Gasteiger partial charge in [0.25, 0.3) is 0 Å². The van der Waals surface area contributed by atoms with Crippen LogP contribution in [0.15, 0.2) is 47.1 Å². The maximum atomic E-state index is 12.6. The van der Waals surface area contributed by atoms with Crippen molar-refractivity contribution in [3.8, 4) is 0 Å². The van der Waals surface area contributed by atoms with Gasteiger partial charge in [0.1, 0.15) is 0 Å². The quantitative estimate of drug-likeness (QED) is 0.809. The highest BCUT2D eigenvalue weighted by Crippen LogP contribution is 2.32. The van der Waals surface area contributed by atoms with Crippen molar-refractivity contribution >= 4 is 5.97 Å². The highest BCUT2D eigenvalue weighted by molar-refractivity contribution is 5.89. The third-order valence-electron chi connectivity index (χ3n) is 2.47. The summed E-state index contributed by atoms with van der Waals surface area (Å²) in [6.45, 7) is 6.91. The zero-order chi connectivity index (χ0) is 15.5. The Hall–Kier alpha value is -1.82. The number of ether oxygens (including phenoxy) is 1. The second kappa shape index (κ2) is 6.09. The molecule has 1 unspecified atom stereocenters. The van der Waals surface area contributed by atoms with Gasteiger partial charge in [-0.25, -0.2) is 4.79 Å². The average molecular weight is 288 g/mol. The predicted molar refractivity (Wildman–Crippen MR) is 68.2 cm³/mol. The van der Waals surface area contributed by atoms with Crippen LogP contribution in [-0.2, 0) is 9.53 Å². The van der Waals surface area contributed by atoms with Gasteiger partial charge in [-0.1, -0.05) is 29.9 Å². The molecule has 0 spiro atoms. The Morgan fingerprint density at radius 3 is 2.55 bits per heavy atom. The molecule has 6 heteroatoms. The minimum absolute atomic E-state index is 0.289. The highest BCUT2D eigenvalue weighted by Gasteiger charge is 2.47. The molecule has 0 saturated carbocycles. The molecule has 0 bridgehead atoms. The van der Waals surface area contributed by atoms with Crippen molar-refractivity contribution in [2.75, 3.05) is 6.61 Å². The van der Waals surface area contributed by atoms with Gasteiger partial charge in [-0.2, -0.15) is 13.2 Å². The fourth-order valence-corrected chi connectivity index (χ4v) is 1.84. The van der Waals surface area contributed by atoms with Crippen molar-refractivity contribution in [2.24, 2.45) is 0 Å². The summed E-state index contributed by atoms with van der Waals surface area (Å²) in [6, 6.07) is 0. The Labute approximate surface area is 114 Å². The number of alkyl halides is 3. The van der Waals surface area contributed by atoms with Crippen LogP contribution in [0.3, 0.4) is 0 Å². The monoisotopic (exact) mass is 288 g/mol. The van der Waals surface area contributed by atoms with Gasteiger partial charge in [0.15, 0.2) is 6.10 Å². The fraction of sp³-hybridized carbons (Fsp3) is 0.357. The lowest BCUT2D eigenvalue weighted by molar-refractivity contribution is -0.208. The first-order valence-electron chi connectivity index (χ1n) is 5.79. The molecular formula is C14H15F3O3. The SMILES string of the molecule is C=C(C)/C=C(C)\C=C1\C=C(C(=O)O)C(C(F)(F)F)OC1. The summed E-state index contributed by atoms with van der Waals surface area (Å²) in [7, 11) is 0. The Balaban J connectivity index is 3.12. The van der Waals surface area contributed by atoms with E-state index in [2.05, 4.69) is 11.3 Å². The van der Waals surface area contributed by atoms with E-state index in [-0.39, 0.29) is 6.61 Å². The standard InChI is InChI=1S/C14H15F3O3/c1-8(2)4-9(3)5-10-6-11(13(18)19)12(20-7-10)14(15,16)17/h4-6,12H,1,7H2,2-3H3,(H,18,19)/b9-4-,10-5-. The van der Waals surface area contributed by atoms with Crippen LogP contribution in [0.25, 0.3) is 0 Å². The van der Waals surface area contributed by atoms with E-state index >= 15 is 0 Å². The molecule has 0 aromatic carbocycles. The van der Waals surface area contributed by atoms with Gasteiger partial charge in [-0.05, 0) is 25.5 Å². The Morgan fingerprint density at radius 1 is 1.50 bits per heavy atom. The number of allylic oxidation sites excluding steroid dienone is 4. The van der Waals surface area contributed by atoms with Crippen LogP contribution in [0, 0.1) is 0 Å². The van der Waals surface area contributed by atoms with Crippen LogP contribution >= 0.6 is 0 Å². The van der Waals surface area contributed by atoms with Crippen molar-refractivity contribution in [3.05, 3.63) is 47.1 Å². The summed E-state index contributed by atoms with van der Waals surface area (Å²) in [4.78, 5) is 10.9. The van der Waals surface area contributed by atoms with Crippen molar-refractivity contribution in [1.29, 1.82) is 0 Å². The number of hydrogen-bond donors (Lipinski definition) is 1. The smallest absolute Gasteiger partial charge is 0.419 e. The van der Waals surface area contributed by atoms with E-state index in [4.69, 9.17) is 5.11 Å². The minimum Gasteiger partial charge on any atom is -0.478 e. The molecule has 0 aromatic heterocycles. The van der Waals surface area contributed by atoms with Crippen LogP contribution in [0.4, 0.5) is 13.2 Å². The third-order valence-corrected chi connectivity index (χ3v) is 2.47. The van der Waals surface area contributed by atoms with Gasteiger partial charge in [0, 0.05) is 0 Å². The molecule has 1 aliphatic rings. The summed E-state index contributed by atoms with van der Waals surface area (Å²) in [5.74, 6) is -1.64. The van der Waals surface area contributed by atoms with Crippen molar-refractivity contribution in [2.45, 2.75) is 26.1 Å². The number of carboxylic acid groups (broad SMARTS) is 1. The van der Waals surface area contributed by atoms with E-state index in [0.29, 0.717) is 5.57 Å². The van der Waals surface area contributed by atoms with E-state index in [1.54, 1.807) is 26.0 Å². The maximum Gasteiger partial charge on any atom is 0.419 e. The highest BCUT2D eigenvalue weighted by atomic mass is 19.4. The summed E-state index contributed by atoms with van der Waals surface area (Å²) in [6.07, 6.45) is -2.80. The molecule has 0 radical (unpaired) electrons. The molecule has 0 aliphatic carbocycles. The molecule has 1 N–H and O–H groups in total. The molecule has 0 amide bonds. The lowest BCUT2D eigenvalue weighted by atomic mass is 10.0. The van der Waals surface area contributed by atoms with Gasteiger partial charge >= 0.3 is 12.1 Å². The zero-order valence-corrected chi connectivity index (χ0v) is 11.1. The van der Waals surface area contributed by atoms with E-state index in [0.717, 1.165) is 17.2 Å². The second-order valence-corrected chi connectivity index (χ2v) is 4.59. The molecular weight excluding hydrogens is 273 g/mol. The summed E-state index contributed by atoms with van der Waals surface area (Å²) in [5.41, 5.74) is 1.10. The van der Waals surface area contributed by atoms with Crippen LogP contribution in [-0.4, -0.2) is 30.0 Å². The lowest BCUT2D eigenvalue weighted by Gasteiger charge is -2.25. The van der Waals surface area contributed by atoms with E-state index in [1.165, 1.54) is 0 Å². The molecule has 1 rings (SSSR count). The topological polar surface area (TPSA) is 46.5 Å². The molecule has 0 saturated heterocycles. The predicted octanol–water partition coefficient (Wildman–Crippen LogP) is 3.41. The molecule has 0 aromatic rings. The Morgan fingerprint density at radius 2 is 2.10 bits per heavy atom. The number of hydrogen-bond acceptors (Lipinski definition) is 2. The van der Waals surface area contributed by atoms with E-state index in [9.17, 15) is 18.0 Å². The maximum absolute atomic E-state index is 12.6. The molecule has 110 valence electrons. The summed E-state index contributed by atoms with van der Waals surface area (Å²) >= 11 is 0. The number of aliphatic carboxylic acids is 1. The van der Waals surface area contributed by atoms with Crippen LogP contribution in [0.1, 0.15) is 13.8 Å². The second-order valence-electron chi connectivity index (χ2n) is 4.59. The fourth-order valence-electron chi connectivity index (χ4n) is 1.84. The van der Waals surface area contributed by atoms with Gasteiger partial charge in [0.2, 0.25) is 0 Å². The largest absolute Gasteiger partial charge is 0.478 e. The van der Waals surface area contributed by atoms with Crippen molar-refractivity contribution < 1.29 is 27.8 Å². The number of halogens is 3. The molecule has 1 aliphatic heterocycles. The van der Waals surface area contributed by atoms with E-state index in [1.807, 2.05) is 0 Å². The van der Waals surface area contributed by atoms with Crippen molar-refractivity contribution in [3.63, 3.8) is 0 Å². The first-order valence-corrected chi connectivity index (χ1v) is 5.79. The van der Waals surface area contributed by atoms with E-state index < -0.39 is 23.8 Å². The molecule has 0 fully saturated rings. The summed E-state index contributed by atoms with van der Waals surface area (Å²) in [5, 5.41) is 8.87. The molecule has 20 heavy (non-hydrogen) atoms. The third kappa shape index (κ3) is 4.38. The van der Waals surface area contributed by atoms with Crippen molar-refractivity contribution in [1.82, 2.24) is 0 Å². The number of rotatable bonds is 3. The average Bonchev–Trinajstić information content (AvgIpc) is 2.25. The first kappa shape index (κ1) is 16.2. The first-order chi connectivity index (χ1) is 9.11. The molecule has 1 atom stereocenters. The van der Waals surface area contributed by atoms with Gasteiger partial charge in [-0.15, -0.1) is 0 Å². The molecule has 3 nitrogen and oxygen atoms in total.